The number of aldehydes is 1. The van der Waals surface area contributed by atoms with Gasteiger partial charge in [0.05, 0.1) is 5.56 Å². The summed E-state index contributed by atoms with van der Waals surface area (Å²) in [5.41, 5.74) is -1.39. The number of hydrogen-bond acceptors (Lipinski definition) is 5. The molecule has 0 spiro atoms. The lowest BCUT2D eigenvalue weighted by atomic mass is 9.87. The highest BCUT2D eigenvalue weighted by Crippen LogP contribution is 2.40. The number of carboxylic acid groups (broad SMARTS) is 1. The van der Waals surface area contributed by atoms with Crippen molar-refractivity contribution in [2.75, 3.05) is 24.5 Å². The fourth-order valence-electron chi connectivity index (χ4n) is 4.77. The molecule has 1 saturated carbocycles. The molecule has 0 radical (unpaired) electrons. The van der Waals surface area contributed by atoms with Crippen molar-refractivity contribution in [3.8, 4) is 0 Å². The number of carbonyl (C=O) groups excluding carboxylic acids is 1. The van der Waals surface area contributed by atoms with E-state index in [1.807, 2.05) is 4.90 Å². The number of aromatic nitrogens is 1. The second kappa shape index (κ2) is 9.02. The second-order valence-electron chi connectivity index (χ2n) is 9.28. The van der Waals surface area contributed by atoms with Crippen molar-refractivity contribution in [1.29, 1.82) is 0 Å². The molecule has 1 saturated heterocycles. The first-order valence-electron chi connectivity index (χ1n) is 10.5. The van der Waals surface area contributed by atoms with Gasteiger partial charge in [0.15, 0.2) is 0 Å². The molecule has 10 heteroatoms. The molecule has 1 aliphatic heterocycles. The molecule has 3 N–H and O–H groups in total. The van der Waals surface area contributed by atoms with E-state index in [0.717, 1.165) is 37.9 Å². The summed E-state index contributed by atoms with van der Waals surface area (Å²) in [6.07, 6.45) is -1.48. The van der Waals surface area contributed by atoms with Crippen LogP contribution in [0.25, 0.3) is 0 Å². The molecule has 1 aromatic rings. The molecule has 3 rings (SSSR count). The average Bonchev–Trinajstić information content (AvgIpc) is 3.26. The van der Waals surface area contributed by atoms with Crippen LogP contribution in [0.1, 0.15) is 38.7 Å². The minimum absolute atomic E-state index is 0.182. The lowest BCUT2D eigenvalue weighted by Crippen LogP contribution is -2.48. The van der Waals surface area contributed by atoms with E-state index >= 15 is 0 Å². The summed E-state index contributed by atoms with van der Waals surface area (Å²) < 4.78 is 38.3. The minimum Gasteiger partial charge on any atom is -0.465 e. The smallest absolute Gasteiger partial charge is 0.417 e. The lowest BCUT2D eigenvalue weighted by molar-refractivity contribution is -0.137. The predicted octanol–water partition coefficient (Wildman–Crippen LogP) is 3.16. The summed E-state index contributed by atoms with van der Waals surface area (Å²) in [4.78, 5) is 28.4. The van der Waals surface area contributed by atoms with Gasteiger partial charge in [0, 0.05) is 43.3 Å². The van der Waals surface area contributed by atoms with Crippen molar-refractivity contribution < 1.29 is 27.9 Å². The molecular formula is C21H29F3N4O3. The summed E-state index contributed by atoms with van der Waals surface area (Å²) in [5.74, 6) is 1.27. The Hall–Kier alpha value is -2.36. The zero-order chi connectivity index (χ0) is 22.8. The van der Waals surface area contributed by atoms with E-state index in [4.69, 9.17) is 5.11 Å². The van der Waals surface area contributed by atoms with Gasteiger partial charge in [0.2, 0.25) is 0 Å². The summed E-state index contributed by atoms with van der Waals surface area (Å²) in [6.45, 7) is 5.39. The van der Waals surface area contributed by atoms with E-state index in [-0.39, 0.29) is 6.04 Å². The van der Waals surface area contributed by atoms with E-state index in [2.05, 4.69) is 15.6 Å². The van der Waals surface area contributed by atoms with Gasteiger partial charge in [-0.1, -0.05) is 13.8 Å². The highest BCUT2D eigenvalue weighted by molar-refractivity contribution is 5.65. The maximum atomic E-state index is 12.8. The molecular weight excluding hydrogens is 413 g/mol. The Morgan fingerprint density at radius 2 is 2.06 bits per heavy atom. The van der Waals surface area contributed by atoms with Gasteiger partial charge in [-0.15, -0.1) is 0 Å². The Labute approximate surface area is 179 Å². The van der Waals surface area contributed by atoms with Gasteiger partial charge in [0.1, 0.15) is 12.1 Å². The van der Waals surface area contributed by atoms with Gasteiger partial charge in [-0.05, 0) is 43.2 Å². The van der Waals surface area contributed by atoms with Crippen molar-refractivity contribution >= 4 is 18.2 Å². The summed E-state index contributed by atoms with van der Waals surface area (Å²) in [7, 11) is 0. The van der Waals surface area contributed by atoms with Crippen LogP contribution in [0.15, 0.2) is 18.3 Å². The normalized spacial score (nSPS) is 24.7. The fourth-order valence-corrected chi connectivity index (χ4v) is 4.77. The Kier molecular flexibility index (Phi) is 6.78. The first-order valence-corrected chi connectivity index (χ1v) is 10.5. The largest absolute Gasteiger partial charge is 0.465 e. The zero-order valence-electron chi connectivity index (χ0n) is 17.7. The highest BCUT2D eigenvalue weighted by atomic mass is 19.4. The van der Waals surface area contributed by atoms with Crippen LogP contribution in [0.4, 0.5) is 23.8 Å². The van der Waals surface area contributed by atoms with Crippen LogP contribution in [0.5, 0.6) is 0 Å². The van der Waals surface area contributed by atoms with E-state index in [1.165, 1.54) is 6.07 Å². The zero-order valence-corrected chi connectivity index (χ0v) is 17.7. The third kappa shape index (κ3) is 5.87. The topological polar surface area (TPSA) is 94.6 Å². The van der Waals surface area contributed by atoms with E-state index in [1.54, 1.807) is 13.8 Å². The third-order valence-electron chi connectivity index (χ3n) is 6.30. The number of rotatable bonds is 8. The quantitative estimate of drug-likeness (QED) is 0.536. The molecule has 0 aromatic carbocycles. The molecule has 172 valence electrons. The van der Waals surface area contributed by atoms with Gasteiger partial charge in [-0.2, -0.15) is 13.2 Å². The van der Waals surface area contributed by atoms with E-state index in [0.29, 0.717) is 37.2 Å². The molecule has 31 heavy (non-hydrogen) atoms. The van der Waals surface area contributed by atoms with Crippen molar-refractivity contribution in [1.82, 2.24) is 15.6 Å². The summed E-state index contributed by atoms with van der Waals surface area (Å²) >= 11 is 0. The number of alkyl halides is 3. The number of pyridine rings is 1. The molecule has 2 heterocycles. The van der Waals surface area contributed by atoms with Gasteiger partial charge in [0.25, 0.3) is 0 Å². The van der Waals surface area contributed by atoms with Gasteiger partial charge < -0.3 is 25.4 Å². The van der Waals surface area contributed by atoms with Crippen LogP contribution in [-0.4, -0.2) is 54.2 Å². The average molecular weight is 442 g/mol. The van der Waals surface area contributed by atoms with Crippen LogP contribution < -0.4 is 15.5 Å². The Morgan fingerprint density at radius 3 is 2.65 bits per heavy atom. The van der Waals surface area contributed by atoms with Crippen LogP contribution in [0.3, 0.4) is 0 Å². The first kappa shape index (κ1) is 23.3. The molecule has 2 aliphatic rings. The minimum atomic E-state index is -4.40. The van der Waals surface area contributed by atoms with Gasteiger partial charge in [-0.25, -0.2) is 9.78 Å². The molecule has 1 amide bonds. The number of amides is 1. The number of halogens is 3. The number of anilines is 1. The monoisotopic (exact) mass is 442 g/mol. The first-order chi connectivity index (χ1) is 14.5. The molecule has 4 unspecified atom stereocenters. The van der Waals surface area contributed by atoms with Crippen molar-refractivity contribution in [2.24, 2.45) is 17.3 Å². The standard InChI is InChI=1S/C21H29F3N4O3/c1-20(2,12-29)7-15(27-19(30)31)9-25-17-5-3-13-10-28(11-16(13)17)18-6-4-14(8-26-18)21(22,23)24/h4,6,8,12-13,15-17,25,27H,3,5,7,9-11H2,1-2H3,(H,30,31). The molecule has 7 nitrogen and oxygen atoms in total. The second-order valence-corrected chi connectivity index (χ2v) is 9.28. The molecule has 1 aromatic heterocycles. The van der Waals surface area contributed by atoms with Crippen LogP contribution in [-0.2, 0) is 11.0 Å². The predicted molar refractivity (Wildman–Crippen MR) is 109 cm³/mol. The number of fused-ring (bicyclic) bond motifs is 1. The Bertz CT molecular complexity index is 785. The van der Waals surface area contributed by atoms with E-state index < -0.39 is 29.3 Å². The number of carbonyl (C=O) groups is 2. The number of nitrogens with one attached hydrogen (secondary N) is 2. The van der Waals surface area contributed by atoms with Crippen LogP contribution in [0, 0.1) is 17.3 Å². The van der Waals surface area contributed by atoms with Gasteiger partial charge in [-0.3, -0.25) is 0 Å². The Morgan fingerprint density at radius 1 is 1.32 bits per heavy atom. The SMILES string of the molecule is CC(C)(C=O)CC(CNC1CCC2CN(c3ccc(C(F)(F)F)cn3)CC21)NC(=O)O. The van der Waals surface area contributed by atoms with Gasteiger partial charge >= 0.3 is 12.3 Å². The number of hydrogen-bond donors (Lipinski definition) is 3. The number of nitrogens with zero attached hydrogens (tertiary/aromatic N) is 2. The lowest BCUT2D eigenvalue weighted by Gasteiger charge is -2.28. The fraction of sp³-hybridized carbons (Fsp3) is 0.667. The van der Waals surface area contributed by atoms with Crippen LogP contribution >= 0.6 is 0 Å². The highest BCUT2D eigenvalue weighted by Gasteiger charge is 2.43. The summed E-state index contributed by atoms with van der Waals surface area (Å²) in [5, 5.41) is 15.1. The van der Waals surface area contributed by atoms with Crippen molar-refractivity contribution in [3.05, 3.63) is 23.9 Å². The van der Waals surface area contributed by atoms with E-state index in [9.17, 15) is 22.8 Å². The third-order valence-corrected chi connectivity index (χ3v) is 6.30. The van der Waals surface area contributed by atoms with Crippen molar-refractivity contribution in [2.45, 2.75) is 51.4 Å². The Balaban J connectivity index is 1.59. The maximum absolute atomic E-state index is 12.8. The van der Waals surface area contributed by atoms with Crippen molar-refractivity contribution in [3.63, 3.8) is 0 Å². The molecule has 4 atom stereocenters. The molecule has 1 aliphatic carbocycles. The maximum Gasteiger partial charge on any atom is 0.417 e. The molecule has 0 bridgehead atoms. The molecule has 2 fully saturated rings. The van der Waals surface area contributed by atoms with Crippen LogP contribution in [0.2, 0.25) is 0 Å². The summed E-state index contributed by atoms with van der Waals surface area (Å²) in [6, 6.07) is 2.26.